The van der Waals surface area contributed by atoms with Gasteiger partial charge in [-0.25, -0.2) is 0 Å². The van der Waals surface area contributed by atoms with Crippen LogP contribution in [0, 0.1) is 4.78 Å². The van der Waals surface area contributed by atoms with E-state index in [-0.39, 0.29) is 5.97 Å². The number of carbonyl (C=O) groups is 1. The smallest absolute Gasteiger partial charge is 0.305 e. The zero-order valence-electron chi connectivity index (χ0n) is 7.46. The quantitative estimate of drug-likeness (QED) is 0.523. The van der Waals surface area contributed by atoms with E-state index in [1.165, 1.54) is 13.4 Å². The molecule has 0 spiro atoms. The van der Waals surface area contributed by atoms with Crippen LogP contribution in [0.4, 0.5) is 0 Å². The van der Waals surface area contributed by atoms with E-state index in [2.05, 4.69) is 4.74 Å². The maximum absolute atomic E-state index is 10.9. The van der Waals surface area contributed by atoms with Gasteiger partial charge in [0.1, 0.15) is 0 Å². The summed E-state index contributed by atoms with van der Waals surface area (Å²) < 4.78 is 22.4. The monoisotopic (exact) mass is 193 g/mol. The molecule has 0 aliphatic carbocycles. The van der Waals surface area contributed by atoms with Crippen molar-refractivity contribution >= 4 is 15.7 Å². The van der Waals surface area contributed by atoms with Crippen LogP contribution in [0.25, 0.3) is 0 Å². The van der Waals surface area contributed by atoms with Crippen molar-refractivity contribution < 1.29 is 13.7 Å². The minimum Gasteiger partial charge on any atom is -0.469 e. The first-order chi connectivity index (χ1) is 5.45. The molecule has 0 saturated carbocycles. The summed E-state index contributed by atoms with van der Waals surface area (Å²) in [7, 11) is -1.04. The summed E-state index contributed by atoms with van der Waals surface area (Å²) in [6.07, 6.45) is 3.06. The van der Waals surface area contributed by atoms with Crippen molar-refractivity contribution in [1.29, 1.82) is 4.78 Å². The molecule has 5 heteroatoms. The number of ether oxygens (including phenoxy) is 1. The van der Waals surface area contributed by atoms with Crippen LogP contribution in [-0.4, -0.2) is 29.3 Å². The van der Waals surface area contributed by atoms with E-state index in [1.807, 2.05) is 0 Å². The molecule has 0 aromatic heterocycles. The second-order valence-electron chi connectivity index (χ2n) is 2.74. The molecule has 0 amide bonds. The maximum Gasteiger partial charge on any atom is 0.305 e. The fourth-order valence-corrected chi connectivity index (χ4v) is 1.50. The van der Waals surface area contributed by atoms with Gasteiger partial charge in [0.05, 0.1) is 7.11 Å². The van der Waals surface area contributed by atoms with Crippen LogP contribution < -0.4 is 0 Å². The fourth-order valence-electron chi connectivity index (χ4n) is 0.749. The minimum absolute atomic E-state index is 0.248. The van der Waals surface area contributed by atoms with Gasteiger partial charge in [-0.3, -0.25) is 13.8 Å². The molecule has 1 atom stereocenters. The SMILES string of the molecule is COC(=O)CCCCS(C)(=N)=O. The van der Waals surface area contributed by atoms with E-state index in [1.54, 1.807) is 0 Å². The molecule has 12 heavy (non-hydrogen) atoms. The van der Waals surface area contributed by atoms with Crippen LogP contribution >= 0.6 is 0 Å². The summed E-state index contributed by atoms with van der Waals surface area (Å²) >= 11 is 0. The molecule has 0 saturated heterocycles. The average Bonchev–Trinajstić information content (AvgIpc) is 1.96. The van der Waals surface area contributed by atoms with Crippen LogP contribution in [-0.2, 0) is 19.3 Å². The summed E-state index contributed by atoms with van der Waals surface area (Å²) in [5.74, 6) is 0.117. The molecule has 4 nitrogen and oxygen atoms in total. The lowest BCUT2D eigenvalue weighted by molar-refractivity contribution is -0.140. The molecule has 0 bridgehead atoms. The van der Waals surface area contributed by atoms with Crippen molar-refractivity contribution in [3.63, 3.8) is 0 Å². The maximum atomic E-state index is 10.9. The van der Waals surface area contributed by atoms with Crippen LogP contribution in [0.1, 0.15) is 19.3 Å². The van der Waals surface area contributed by atoms with Crippen LogP contribution in [0.2, 0.25) is 0 Å². The number of esters is 1. The van der Waals surface area contributed by atoms with E-state index >= 15 is 0 Å². The number of hydrogen-bond donors (Lipinski definition) is 1. The van der Waals surface area contributed by atoms with Crippen molar-refractivity contribution in [3.8, 4) is 0 Å². The van der Waals surface area contributed by atoms with E-state index in [4.69, 9.17) is 4.78 Å². The highest BCUT2D eigenvalue weighted by Crippen LogP contribution is 1.99. The first kappa shape index (κ1) is 11.4. The molecule has 1 unspecified atom stereocenters. The Bertz CT molecular complexity index is 233. The predicted molar refractivity (Wildman–Crippen MR) is 47.5 cm³/mol. The zero-order valence-corrected chi connectivity index (χ0v) is 8.28. The summed E-state index contributed by atoms with van der Waals surface area (Å²) in [4.78, 5) is 10.6. The third-order valence-electron chi connectivity index (χ3n) is 1.39. The molecule has 0 aliphatic rings. The molecule has 0 aromatic rings. The molecule has 0 heterocycles. The normalized spacial score (nSPS) is 15.2. The first-order valence-corrected chi connectivity index (χ1v) is 5.87. The second kappa shape index (κ2) is 5.13. The topological polar surface area (TPSA) is 67.2 Å². The lowest BCUT2D eigenvalue weighted by Gasteiger charge is -2.00. The highest BCUT2D eigenvalue weighted by atomic mass is 32.2. The van der Waals surface area contributed by atoms with Crippen LogP contribution in [0.5, 0.6) is 0 Å². The predicted octanol–water partition coefficient (Wildman–Crippen LogP) is 1.01. The van der Waals surface area contributed by atoms with Gasteiger partial charge in [0.15, 0.2) is 0 Å². The average molecular weight is 193 g/mol. The Kier molecular flexibility index (Phi) is 4.89. The third-order valence-corrected chi connectivity index (χ3v) is 2.46. The number of hydrogen-bond acceptors (Lipinski definition) is 4. The summed E-state index contributed by atoms with van der Waals surface area (Å²) in [6.45, 7) is 0. The van der Waals surface area contributed by atoms with Crippen molar-refractivity contribution in [2.45, 2.75) is 19.3 Å². The Morgan fingerprint density at radius 1 is 1.50 bits per heavy atom. The molecule has 0 aliphatic heterocycles. The largest absolute Gasteiger partial charge is 0.469 e. The van der Waals surface area contributed by atoms with Gasteiger partial charge in [0, 0.05) is 28.2 Å². The number of unbranched alkanes of at least 4 members (excludes halogenated alkanes) is 1. The standard InChI is InChI=1S/C7H15NO3S/c1-11-7(9)5-3-4-6-12(2,8)10/h8H,3-6H2,1-2H3. The Balaban J connectivity index is 3.40. The number of nitrogens with one attached hydrogen (secondary N) is 1. The van der Waals surface area contributed by atoms with E-state index in [0.717, 1.165) is 0 Å². The van der Waals surface area contributed by atoms with Crippen molar-refractivity contribution in [1.82, 2.24) is 0 Å². The van der Waals surface area contributed by atoms with Crippen LogP contribution in [0.3, 0.4) is 0 Å². The minimum atomic E-state index is -2.38. The van der Waals surface area contributed by atoms with Gasteiger partial charge in [0.25, 0.3) is 0 Å². The number of rotatable bonds is 5. The zero-order chi connectivity index (χ0) is 9.61. The number of methoxy groups -OCH3 is 1. The fraction of sp³-hybridized carbons (Fsp3) is 0.857. The summed E-state index contributed by atoms with van der Waals surface area (Å²) in [6, 6.07) is 0. The molecule has 1 N–H and O–H groups in total. The van der Waals surface area contributed by atoms with Gasteiger partial charge >= 0.3 is 5.97 Å². The van der Waals surface area contributed by atoms with Crippen molar-refractivity contribution in [2.24, 2.45) is 0 Å². The van der Waals surface area contributed by atoms with E-state index in [9.17, 15) is 9.00 Å². The van der Waals surface area contributed by atoms with Gasteiger partial charge in [0.2, 0.25) is 0 Å². The van der Waals surface area contributed by atoms with E-state index in [0.29, 0.717) is 25.0 Å². The molecular weight excluding hydrogens is 178 g/mol. The highest BCUT2D eigenvalue weighted by molar-refractivity contribution is 7.91. The number of carbonyl (C=O) groups excluding carboxylic acids is 1. The third kappa shape index (κ3) is 7.53. The lowest BCUT2D eigenvalue weighted by Crippen LogP contribution is -2.04. The molecule has 0 radical (unpaired) electrons. The Morgan fingerprint density at radius 3 is 2.50 bits per heavy atom. The summed E-state index contributed by atoms with van der Waals surface area (Å²) in [5.41, 5.74) is 0. The van der Waals surface area contributed by atoms with Crippen LogP contribution in [0.15, 0.2) is 0 Å². The molecule has 72 valence electrons. The Labute approximate surface area is 73.3 Å². The molecular formula is C7H15NO3S. The molecule has 0 rings (SSSR count). The lowest BCUT2D eigenvalue weighted by atomic mass is 10.2. The first-order valence-electron chi connectivity index (χ1n) is 3.74. The Hall–Kier alpha value is -0.580. The van der Waals surface area contributed by atoms with Gasteiger partial charge < -0.3 is 4.74 Å². The van der Waals surface area contributed by atoms with Crippen molar-refractivity contribution in [2.75, 3.05) is 19.1 Å². The molecule has 0 fully saturated rings. The van der Waals surface area contributed by atoms with Crippen molar-refractivity contribution in [3.05, 3.63) is 0 Å². The van der Waals surface area contributed by atoms with Gasteiger partial charge in [-0.1, -0.05) is 0 Å². The molecule has 0 aromatic carbocycles. The highest BCUT2D eigenvalue weighted by Gasteiger charge is 2.01. The Morgan fingerprint density at radius 2 is 2.08 bits per heavy atom. The van der Waals surface area contributed by atoms with E-state index < -0.39 is 9.73 Å². The summed E-state index contributed by atoms with van der Waals surface area (Å²) in [5, 5.41) is 0. The van der Waals surface area contributed by atoms with Gasteiger partial charge in [-0.15, -0.1) is 0 Å². The second-order valence-corrected chi connectivity index (χ2v) is 5.16. The van der Waals surface area contributed by atoms with Gasteiger partial charge in [-0.2, -0.15) is 0 Å². The van der Waals surface area contributed by atoms with Gasteiger partial charge in [-0.05, 0) is 12.8 Å².